The summed E-state index contributed by atoms with van der Waals surface area (Å²) in [6.07, 6.45) is -0.653. The Morgan fingerprint density at radius 3 is 1.67 bits per heavy atom. The zero-order chi connectivity index (χ0) is 30.5. The fraction of sp³-hybridized carbons (Fsp3) is 0.333. The van der Waals surface area contributed by atoms with Crippen LogP contribution in [0.25, 0.3) is 0 Å². The van der Waals surface area contributed by atoms with E-state index in [4.69, 9.17) is 14.2 Å². The summed E-state index contributed by atoms with van der Waals surface area (Å²) in [6, 6.07) is 24.0. The predicted molar refractivity (Wildman–Crippen MR) is 152 cm³/mol. The monoisotopic (exact) mass is 573 g/mol. The number of amides is 1. The topological polar surface area (TPSA) is 119 Å². The van der Waals surface area contributed by atoms with E-state index in [2.05, 4.69) is 0 Å². The molecule has 1 aliphatic heterocycles. The van der Waals surface area contributed by atoms with Gasteiger partial charge in [0, 0.05) is 0 Å². The first-order chi connectivity index (χ1) is 19.9. The number of hydrogen-bond acceptors (Lipinski definition) is 8. The van der Waals surface area contributed by atoms with Crippen LogP contribution in [0.3, 0.4) is 0 Å². The lowest BCUT2D eigenvalue weighted by Crippen LogP contribution is -2.69. The lowest BCUT2D eigenvalue weighted by molar-refractivity contribution is -0.196. The van der Waals surface area contributed by atoms with Crippen molar-refractivity contribution in [3.63, 3.8) is 0 Å². The molecule has 0 bridgehead atoms. The Kier molecular flexibility index (Phi) is 8.82. The molecule has 42 heavy (non-hydrogen) atoms. The number of hydrogen-bond donors (Lipinski definition) is 1. The Morgan fingerprint density at radius 1 is 0.810 bits per heavy atom. The van der Waals surface area contributed by atoms with Gasteiger partial charge in [0.05, 0.1) is 6.42 Å². The van der Waals surface area contributed by atoms with Crippen LogP contribution < -0.4 is 0 Å². The first kappa shape index (κ1) is 30.5. The van der Waals surface area contributed by atoms with Crippen LogP contribution in [-0.2, 0) is 46.6 Å². The summed E-state index contributed by atoms with van der Waals surface area (Å²) < 4.78 is 16.9. The largest absolute Gasteiger partial charge is 0.459 e. The van der Waals surface area contributed by atoms with Gasteiger partial charge in [-0.05, 0) is 44.4 Å². The molecule has 1 fully saturated rings. The van der Waals surface area contributed by atoms with Gasteiger partial charge in [0.1, 0.15) is 24.4 Å². The van der Waals surface area contributed by atoms with Crippen LogP contribution in [0.15, 0.2) is 91.0 Å². The highest BCUT2D eigenvalue weighted by atomic mass is 16.6. The summed E-state index contributed by atoms with van der Waals surface area (Å²) in [5.74, 6) is -4.18. The van der Waals surface area contributed by atoms with Crippen LogP contribution in [0.2, 0.25) is 0 Å². The minimum absolute atomic E-state index is 0.256. The summed E-state index contributed by atoms with van der Waals surface area (Å²) in [7, 11) is 0. The van der Waals surface area contributed by atoms with Gasteiger partial charge in [0.25, 0.3) is 5.54 Å². The number of carbonyl (C=O) groups excluding carboxylic acids is 4. The average Bonchev–Trinajstić information content (AvgIpc) is 3.16. The van der Waals surface area contributed by atoms with Crippen molar-refractivity contribution in [2.24, 2.45) is 0 Å². The number of esters is 3. The third-order valence-corrected chi connectivity index (χ3v) is 6.92. The number of aliphatic hydroxyl groups is 1. The normalized spacial score (nSPS) is 18.7. The molecule has 0 aliphatic carbocycles. The highest BCUT2D eigenvalue weighted by molar-refractivity contribution is 6.13. The minimum Gasteiger partial charge on any atom is -0.459 e. The molecule has 9 heteroatoms. The summed E-state index contributed by atoms with van der Waals surface area (Å²) >= 11 is 0. The zero-order valence-electron chi connectivity index (χ0n) is 24.1. The van der Waals surface area contributed by atoms with Crippen molar-refractivity contribution in [2.45, 2.75) is 70.1 Å². The van der Waals surface area contributed by atoms with Crippen LogP contribution in [-0.4, -0.2) is 50.6 Å². The average molecular weight is 574 g/mol. The second-order valence-corrected chi connectivity index (χ2v) is 11.4. The second kappa shape index (κ2) is 12.2. The highest BCUT2D eigenvalue weighted by Crippen LogP contribution is 2.47. The zero-order valence-corrected chi connectivity index (χ0v) is 24.1. The highest BCUT2D eigenvalue weighted by Gasteiger charge is 2.74. The molecule has 9 nitrogen and oxygen atoms in total. The maximum atomic E-state index is 14.2. The number of benzene rings is 3. The molecule has 1 aliphatic rings. The predicted octanol–water partition coefficient (Wildman–Crippen LogP) is 4.28. The maximum Gasteiger partial charge on any atom is 0.347 e. The quantitative estimate of drug-likeness (QED) is 0.229. The smallest absolute Gasteiger partial charge is 0.347 e. The lowest BCUT2D eigenvalue weighted by Gasteiger charge is -2.43. The molecule has 2 unspecified atom stereocenters. The minimum atomic E-state index is -2.74. The molecular weight excluding hydrogens is 538 g/mol. The number of nitrogens with zero attached hydrogens (tertiary/aromatic N) is 1. The van der Waals surface area contributed by atoms with Crippen LogP contribution >= 0.6 is 0 Å². The van der Waals surface area contributed by atoms with E-state index < -0.39 is 53.0 Å². The molecular formula is C33H35NO8. The van der Waals surface area contributed by atoms with Crippen molar-refractivity contribution in [1.29, 1.82) is 0 Å². The summed E-state index contributed by atoms with van der Waals surface area (Å²) in [5, 5.41) is 11.8. The van der Waals surface area contributed by atoms with Crippen molar-refractivity contribution in [3.8, 4) is 0 Å². The first-order valence-corrected chi connectivity index (χ1v) is 13.6. The van der Waals surface area contributed by atoms with Gasteiger partial charge in [-0.3, -0.25) is 9.69 Å². The van der Waals surface area contributed by atoms with Crippen molar-refractivity contribution < 1.29 is 38.5 Å². The van der Waals surface area contributed by atoms with Crippen molar-refractivity contribution in [3.05, 3.63) is 108 Å². The van der Waals surface area contributed by atoms with Crippen LogP contribution in [0.1, 0.15) is 56.8 Å². The van der Waals surface area contributed by atoms with Crippen molar-refractivity contribution in [1.82, 2.24) is 4.90 Å². The van der Waals surface area contributed by atoms with Crippen LogP contribution in [0.5, 0.6) is 0 Å². The molecule has 3 aromatic rings. The Bertz CT molecular complexity index is 1360. The lowest BCUT2D eigenvalue weighted by atomic mass is 9.80. The van der Waals surface area contributed by atoms with Gasteiger partial charge in [-0.15, -0.1) is 0 Å². The molecule has 0 aromatic heterocycles. The van der Waals surface area contributed by atoms with E-state index in [1.807, 2.05) is 0 Å². The number of ether oxygens (including phenoxy) is 3. The number of carbonyl (C=O) groups is 4. The van der Waals surface area contributed by atoms with E-state index in [1.165, 1.54) is 6.92 Å². The van der Waals surface area contributed by atoms with Crippen molar-refractivity contribution >= 4 is 23.8 Å². The Balaban J connectivity index is 1.86. The Hall–Kier alpha value is -4.50. The van der Waals surface area contributed by atoms with Gasteiger partial charge < -0.3 is 19.3 Å². The standard InChI is InChI=1S/C33H35NO8/c1-31(2,3)42-28(36)27(25-18-12-7-13-19-25)34-26(35)20-32(4,39)33(34,29(37)40-21-23-14-8-5-9-15-23)30(38)41-22-24-16-10-6-11-17-24/h5-19,27,39H,20-22H2,1-4H3. The Labute approximate surface area is 245 Å². The SMILES string of the molecule is CC(C)(C)OC(=O)C(c1ccccc1)N1C(=O)CC(C)(O)C1(C(=O)OCc1ccccc1)C(=O)OCc1ccccc1. The Morgan fingerprint density at radius 2 is 1.24 bits per heavy atom. The molecule has 0 radical (unpaired) electrons. The van der Waals surface area contributed by atoms with Gasteiger partial charge in [-0.2, -0.15) is 0 Å². The fourth-order valence-corrected chi connectivity index (χ4v) is 5.05. The molecule has 0 spiro atoms. The molecule has 1 N–H and O–H groups in total. The van der Waals surface area contributed by atoms with Crippen molar-refractivity contribution in [2.75, 3.05) is 0 Å². The van der Waals surface area contributed by atoms with E-state index in [-0.39, 0.29) is 18.8 Å². The summed E-state index contributed by atoms with van der Waals surface area (Å²) in [4.78, 5) is 56.7. The van der Waals surface area contributed by atoms with E-state index in [0.29, 0.717) is 11.1 Å². The number of rotatable bonds is 9. The van der Waals surface area contributed by atoms with E-state index in [9.17, 15) is 24.3 Å². The van der Waals surface area contributed by atoms with Gasteiger partial charge in [0.2, 0.25) is 5.91 Å². The summed E-state index contributed by atoms with van der Waals surface area (Å²) in [6.45, 7) is 5.65. The molecule has 1 amide bonds. The molecule has 220 valence electrons. The van der Waals surface area contributed by atoms with Gasteiger partial charge in [-0.25, -0.2) is 14.4 Å². The van der Waals surface area contributed by atoms with Crippen LogP contribution in [0, 0.1) is 0 Å². The van der Waals surface area contributed by atoms with Gasteiger partial charge in [-0.1, -0.05) is 91.0 Å². The third-order valence-electron chi connectivity index (χ3n) is 6.92. The fourth-order valence-electron chi connectivity index (χ4n) is 5.05. The van der Waals surface area contributed by atoms with Gasteiger partial charge >= 0.3 is 17.9 Å². The first-order valence-electron chi connectivity index (χ1n) is 13.6. The second-order valence-electron chi connectivity index (χ2n) is 11.4. The van der Waals surface area contributed by atoms with Gasteiger partial charge in [0.15, 0.2) is 6.04 Å². The van der Waals surface area contributed by atoms with E-state index in [0.717, 1.165) is 4.90 Å². The maximum absolute atomic E-state index is 14.2. The third kappa shape index (κ3) is 6.21. The molecule has 0 saturated carbocycles. The van der Waals surface area contributed by atoms with E-state index >= 15 is 0 Å². The molecule has 2 atom stereocenters. The van der Waals surface area contributed by atoms with E-state index in [1.54, 1.807) is 112 Å². The molecule has 1 saturated heterocycles. The molecule has 1 heterocycles. The molecule has 4 rings (SSSR count). The van der Waals surface area contributed by atoms with Crippen LogP contribution in [0.4, 0.5) is 0 Å². The molecule has 3 aromatic carbocycles. The summed E-state index contributed by atoms with van der Waals surface area (Å²) in [5.41, 5.74) is -4.54. The number of likely N-dealkylation sites (tertiary alicyclic amines) is 1.